The molecular weight excluding hydrogens is 236 g/mol. The van der Waals surface area contributed by atoms with Gasteiger partial charge in [-0.25, -0.2) is 0 Å². The summed E-state index contributed by atoms with van der Waals surface area (Å²) in [6, 6.07) is 5.62. The lowest BCUT2D eigenvalue weighted by molar-refractivity contribution is 0.476. The average molecular weight is 243 g/mol. The molecule has 0 bridgehead atoms. The molecule has 2 rings (SSSR count). The predicted molar refractivity (Wildman–Crippen MR) is 55.9 cm³/mol. The minimum absolute atomic E-state index is 0.316. The highest BCUT2D eigenvalue weighted by atomic mass is 79.9. The fourth-order valence-electron chi connectivity index (χ4n) is 1.21. The van der Waals surface area contributed by atoms with Crippen molar-refractivity contribution in [1.82, 2.24) is 0 Å². The average Bonchev–Trinajstić information content (AvgIpc) is 2.29. The first-order chi connectivity index (χ1) is 5.66. The number of fused-ring (bicyclic) bond motifs is 1. The maximum absolute atomic E-state index is 9.30. The number of hydrogen-bond acceptors (Lipinski definition) is 2. The quantitative estimate of drug-likeness (QED) is 0.748. The number of aryl methyl sites for hydroxylation is 1. The SMILES string of the molecule is Cc1cc2c(Br)cc(O)cc2s1. The molecule has 0 atom stereocenters. The first kappa shape index (κ1) is 8.08. The molecule has 0 fully saturated rings. The smallest absolute Gasteiger partial charge is 0.118 e. The van der Waals surface area contributed by atoms with Gasteiger partial charge in [0.05, 0.1) is 0 Å². The molecule has 2 aromatic rings. The standard InChI is InChI=1S/C9H7BrOS/c1-5-2-7-8(10)3-6(11)4-9(7)12-5/h2-4,11H,1H3. The van der Waals surface area contributed by atoms with Crippen molar-refractivity contribution < 1.29 is 5.11 Å². The van der Waals surface area contributed by atoms with Crippen LogP contribution in [0.2, 0.25) is 0 Å². The molecule has 1 nitrogen and oxygen atoms in total. The lowest BCUT2D eigenvalue weighted by Gasteiger charge is -1.94. The van der Waals surface area contributed by atoms with Crippen LogP contribution in [0.1, 0.15) is 4.88 Å². The number of phenolic OH excluding ortho intramolecular Hbond substituents is 1. The van der Waals surface area contributed by atoms with Crippen LogP contribution in [-0.2, 0) is 0 Å². The normalized spacial score (nSPS) is 10.8. The molecule has 0 aliphatic rings. The van der Waals surface area contributed by atoms with Crippen LogP contribution in [0.5, 0.6) is 5.75 Å². The Hall–Kier alpha value is -0.540. The zero-order valence-electron chi connectivity index (χ0n) is 6.47. The van der Waals surface area contributed by atoms with Gasteiger partial charge < -0.3 is 5.11 Å². The Kier molecular flexibility index (Phi) is 1.85. The Balaban J connectivity index is 2.88. The summed E-state index contributed by atoms with van der Waals surface area (Å²) in [7, 11) is 0. The van der Waals surface area contributed by atoms with Crippen molar-refractivity contribution in [3.8, 4) is 5.75 Å². The van der Waals surface area contributed by atoms with Gasteiger partial charge >= 0.3 is 0 Å². The molecule has 1 aromatic heterocycles. The number of halogens is 1. The van der Waals surface area contributed by atoms with E-state index in [-0.39, 0.29) is 0 Å². The Bertz CT molecular complexity index is 433. The molecule has 1 N–H and O–H groups in total. The molecular formula is C9H7BrOS. The molecule has 0 aliphatic heterocycles. The van der Waals surface area contributed by atoms with E-state index in [4.69, 9.17) is 0 Å². The maximum atomic E-state index is 9.30. The molecule has 3 heteroatoms. The van der Waals surface area contributed by atoms with Gasteiger partial charge in [0, 0.05) is 19.4 Å². The van der Waals surface area contributed by atoms with Crippen LogP contribution >= 0.6 is 27.3 Å². The third-order valence-electron chi connectivity index (χ3n) is 1.69. The van der Waals surface area contributed by atoms with Crippen molar-refractivity contribution in [1.29, 1.82) is 0 Å². The summed E-state index contributed by atoms with van der Waals surface area (Å²) in [5.74, 6) is 0.316. The van der Waals surface area contributed by atoms with E-state index in [9.17, 15) is 5.11 Å². The molecule has 1 aromatic carbocycles. The van der Waals surface area contributed by atoms with Crippen molar-refractivity contribution >= 4 is 37.4 Å². The van der Waals surface area contributed by atoms with E-state index in [0.29, 0.717) is 5.75 Å². The number of phenols is 1. The second-order valence-corrected chi connectivity index (χ2v) is 4.84. The summed E-state index contributed by atoms with van der Waals surface area (Å²) in [5.41, 5.74) is 0. The van der Waals surface area contributed by atoms with E-state index in [1.165, 1.54) is 10.3 Å². The lowest BCUT2D eigenvalue weighted by Crippen LogP contribution is -1.67. The topological polar surface area (TPSA) is 20.2 Å². The molecule has 1 heterocycles. The second-order valence-electron chi connectivity index (χ2n) is 2.70. The highest BCUT2D eigenvalue weighted by Gasteiger charge is 2.03. The lowest BCUT2D eigenvalue weighted by atomic mass is 10.2. The molecule has 0 amide bonds. The molecule has 0 unspecified atom stereocenters. The van der Waals surface area contributed by atoms with E-state index in [1.54, 1.807) is 23.5 Å². The van der Waals surface area contributed by atoms with Crippen LogP contribution in [0.15, 0.2) is 22.7 Å². The third-order valence-corrected chi connectivity index (χ3v) is 3.35. The van der Waals surface area contributed by atoms with E-state index in [2.05, 4.69) is 28.9 Å². The Morgan fingerprint density at radius 3 is 2.83 bits per heavy atom. The molecule has 0 aliphatic carbocycles. The van der Waals surface area contributed by atoms with Gasteiger partial charge in [-0.3, -0.25) is 0 Å². The summed E-state index contributed by atoms with van der Waals surface area (Å²) in [6.07, 6.45) is 0. The summed E-state index contributed by atoms with van der Waals surface area (Å²) in [5, 5.41) is 10.5. The molecule has 0 saturated carbocycles. The fraction of sp³-hybridized carbons (Fsp3) is 0.111. The van der Waals surface area contributed by atoms with Gasteiger partial charge in [0.25, 0.3) is 0 Å². The summed E-state index contributed by atoms with van der Waals surface area (Å²) in [6.45, 7) is 2.06. The third kappa shape index (κ3) is 1.23. The van der Waals surface area contributed by atoms with Crippen LogP contribution in [0, 0.1) is 6.92 Å². The van der Waals surface area contributed by atoms with Crippen molar-refractivity contribution in [3.05, 3.63) is 27.5 Å². The molecule has 0 saturated heterocycles. The zero-order chi connectivity index (χ0) is 8.72. The van der Waals surface area contributed by atoms with Crippen molar-refractivity contribution in [3.63, 3.8) is 0 Å². The van der Waals surface area contributed by atoms with Gasteiger partial charge in [0.1, 0.15) is 5.75 Å². The highest BCUT2D eigenvalue weighted by molar-refractivity contribution is 9.10. The Morgan fingerprint density at radius 1 is 1.33 bits per heavy atom. The van der Waals surface area contributed by atoms with Gasteiger partial charge in [-0.2, -0.15) is 0 Å². The van der Waals surface area contributed by atoms with Gasteiger partial charge in [-0.15, -0.1) is 11.3 Å². The van der Waals surface area contributed by atoms with E-state index in [0.717, 1.165) is 9.17 Å². The number of aromatic hydroxyl groups is 1. The zero-order valence-corrected chi connectivity index (χ0v) is 8.87. The first-order valence-electron chi connectivity index (χ1n) is 3.55. The number of thiophene rings is 1. The predicted octanol–water partition coefficient (Wildman–Crippen LogP) is 3.68. The highest BCUT2D eigenvalue weighted by Crippen LogP contribution is 2.34. The second kappa shape index (κ2) is 2.75. The monoisotopic (exact) mass is 242 g/mol. The molecule has 62 valence electrons. The fourth-order valence-corrected chi connectivity index (χ4v) is 2.89. The van der Waals surface area contributed by atoms with Gasteiger partial charge in [0.15, 0.2) is 0 Å². The summed E-state index contributed by atoms with van der Waals surface area (Å²) >= 11 is 5.10. The first-order valence-corrected chi connectivity index (χ1v) is 5.16. The van der Waals surface area contributed by atoms with E-state index < -0.39 is 0 Å². The van der Waals surface area contributed by atoms with E-state index in [1.807, 2.05) is 0 Å². The van der Waals surface area contributed by atoms with E-state index >= 15 is 0 Å². The minimum atomic E-state index is 0.316. The van der Waals surface area contributed by atoms with Gasteiger partial charge in [-0.1, -0.05) is 0 Å². The van der Waals surface area contributed by atoms with Crippen molar-refractivity contribution in [2.45, 2.75) is 6.92 Å². The Labute approximate surface area is 82.8 Å². The Morgan fingerprint density at radius 2 is 2.08 bits per heavy atom. The van der Waals surface area contributed by atoms with Crippen molar-refractivity contribution in [2.75, 3.05) is 0 Å². The van der Waals surface area contributed by atoms with Crippen LogP contribution in [-0.4, -0.2) is 5.11 Å². The van der Waals surface area contributed by atoms with Gasteiger partial charge in [0.2, 0.25) is 0 Å². The number of hydrogen-bond donors (Lipinski definition) is 1. The molecule has 0 spiro atoms. The number of benzene rings is 1. The van der Waals surface area contributed by atoms with Crippen LogP contribution in [0.25, 0.3) is 10.1 Å². The van der Waals surface area contributed by atoms with Gasteiger partial charge in [-0.05, 0) is 41.1 Å². The molecule has 12 heavy (non-hydrogen) atoms. The van der Waals surface area contributed by atoms with Crippen molar-refractivity contribution in [2.24, 2.45) is 0 Å². The summed E-state index contributed by atoms with van der Waals surface area (Å²) < 4.78 is 2.08. The van der Waals surface area contributed by atoms with Crippen LogP contribution < -0.4 is 0 Å². The summed E-state index contributed by atoms with van der Waals surface area (Å²) in [4.78, 5) is 1.26. The largest absolute Gasteiger partial charge is 0.508 e. The molecule has 0 radical (unpaired) electrons. The maximum Gasteiger partial charge on any atom is 0.118 e. The van der Waals surface area contributed by atoms with Crippen LogP contribution in [0.3, 0.4) is 0 Å². The minimum Gasteiger partial charge on any atom is -0.508 e. The number of rotatable bonds is 0. The van der Waals surface area contributed by atoms with Crippen LogP contribution in [0.4, 0.5) is 0 Å².